The van der Waals surface area contributed by atoms with E-state index in [1.807, 2.05) is 26.0 Å². The van der Waals surface area contributed by atoms with Crippen molar-refractivity contribution in [3.63, 3.8) is 0 Å². The number of hydrogen-bond acceptors (Lipinski definition) is 4. The third-order valence-corrected chi connectivity index (χ3v) is 7.95. The van der Waals surface area contributed by atoms with E-state index in [4.69, 9.17) is 11.6 Å². The Morgan fingerprint density at radius 1 is 1.00 bits per heavy atom. The van der Waals surface area contributed by atoms with Crippen LogP contribution in [0.1, 0.15) is 12.5 Å². The summed E-state index contributed by atoms with van der Waals surface area (Å²) in [5.74, 6) is 0.0207. The topological polar surface area (TPSA) is 57.7 Å². The molecule has 2 aromatic rings. The Morgan fingerprint density at radius 2 is 1.57 bits per heavy atom. The Labute approximate surface area is 175 Å². The lowest BCUT2D eigenvalue weighted by atomic mass is 10.2. The van der Waals surface area contributed by atoms with E-state index >= 15 is 0 Å². The zero-order valence-corrected chi connectivity index (χ0v) is 18.2. The van der Waals surface area contributed by atoms with Crippen LogP contribution in [0.15, 0.2) is 58.3 Å². The van der Waals surface area contributed by atoms with Crippen molar-refractivity contribution >= 4 is 39.3 Å². The summed E-state index contributed by atoms with van der Waals surface area (Å²) in [7, 11) is -3.52. The molecule has 0 N–H and O–H groups in total. The van der Waals surface area contributed by atoms with Gasteiger partial charge in [-0.2, -0.15) is 4.31 Å². The average molecular weight is 439 g/mol. The van der Waals surface area contributed by atoms with Crippen molar-refractivity contribution in [3.8, 4) is 0 Å². The first-order valence-corrected chi connectivity index (χ1v) is 11.7. The monoisotopic (exact) mass is 438 g/mol. The first-order chi connectivity index (χ1) is 13.3. The van der Waals surface area contributed by atoms with Crippen molar-refractivity contribution in [2.75, 3.05) is 26.2 Å². The molecule has 1 saturated heterocycles. The summed E-state index contributed by atoms with van der Waals surface area (Å²) in [6, 6.07) is 14.2. The maximum Gasteiger partial charge on any atom is 0.243 e. The summed E-state index contributed by atoms with van der Waals surface area (Å²) < 4.78 is 27.0. The van der Waals surface area contributed by atoms with Gasteiger partial charge in [-0.05, 0) is 50.2 Å². The van der Waals surface area contributed by atoms with Crippen molar-refractivity contribution in [1.29, 1.82) is 0 Å². The molecule has 0 saturated carbocycles. The van der Waals surface area contributed by atoms with E-state index < -0.39 is 10.0 Å². The second kappa shape index (κ2) is 8.86. The summed E-state index contributed by atoms with van der Waals surface area (Å²) in [5.41, 5.74) is 1.02. The van der Waals surface area contributed by atoms with Crippen LogP contribution in [0, 0.1) is 6.92 Å². The fourth-order valence-corrected chi connectivity index (χ4v) is 5.53. The van der Waals surface area contributed by atoms with Crippen molar-refractivity contribution in [2.45, 2.75) is 28.9 Å². The lowest BCUT2D eigenvalue weighted by Crippen LogP contribution is -2.52. The third-order valence-electron chi connectivity index (χ3n) is 4.68. The molecule has 150 valence electrons. The number of carbonyl (C=O) groups is 1. The van der Waals surface area contributed by atoms with Crippen LogP contribution in [-0.4, -0.2) is 55.0 Å². The van der Waals surface area contributed by atoms with Gasteiger partial charge in [0.2, 0.25) is 15.9 Å². The number of nitrogens with zero attached hydrogens (tertiary/aromatic N) is 2. The minimum absolute atomic E-state index is 0.0207. The van der Waals surface area contributed by atoms with Gasteiger partial charge in [0.1, 0.15) is 0 Å². The van der Waals surface area contributed by atoms with Gasteiger partial charge in [0.15, 0.2) is 0 Å². The van der Waals surface area contributed by atoms with E-state index in [0.29, 0.717) is 36.1 Å². The number of thioether (sulfide) groups is 1. The highest BCUT2D eigenvalue weighted by Gasteiger charge is 2.31. The van der Waals surface area contributed by atoms with Crippen LogP contribution in [0.3, 0.4) is 0 Å². The standard InChI is InChI=1S/C20H23ClN2O3S2/c1-15-3-9-19(10-4-15)28(25,26)23-13-11-22(12-14-23)20(24)16(2)27-18-7-5-17(21)6-8-18/h3-10,16H,11-14H2,1-2H3/t16-/m0/s1. The van der Waals surface area contributed by atoms with Crippen LogP contribution >= 0.6 is 23.4 Å². The minimum atomic E-state index is -3.52. The van der Waals surface area contributed by atoms with Gasteiger partial charge in [-0.3, -0.25) is 4.79 Å². The number of carbonyl (C=O) groups excluding carboxylic acids is 1. The normalized spacial score (nSPS) is 16.8. The first kappa shape index (κ1) is 21.2. The van der Waals surface area contributed by atoms with Crippen molar-refractivity contribution in [1.82, 2.24) is 9.21 Å². The lowest BCUT2D eigenvalue weighted by molar-refractivity contribution is -0.131. The number of piperazine rings is 1. The maximum absolute atomic E-state index is 12.8. The molecule has 1 aliphatic rings. The number of aryl methyl sites for hydroxylation is 1. The molecule has 0 bridgehead atoms. The van der Waals surface area contributed by atoms with E-state index in [0.717, 1.165) is 10.5 Å². The van der Waals surface area contributed by atoms with Gasteiger partial charge in [-0.15, -0.1) is 11.8 Å². The Hall–Kier alpha value is -1.54. The molecular formula is C20H23ClN2O3S2. The number of benzene rings is 2. The van der Waals surface area contributed by atoms with Crippen LogP contribution in [0.25, 0.3) is 0 Å². The summed E-state index contributed by atoms with van der Waals surface area (Å²) in [6.07, 6.45) is 0. The fourth-order valence-electron chi connectivity index (χ4n) is 3.03. The van der Waals surface area contributed by atoms with Gasteiger partial charge in [-0.25, -0.2) is 8.42 Å². The molecule has 8 heteroatoms. The third kappa shape index (κ3) is 4.89. The second-order valence-corrected chi connectivity index (χ2v) is 10.5. The molecule has 3 rings (SSSR count). The molecule has 0 spiro atoms. The van der Waals surface area contributed by atoms with Crippen molar-refractivity contribution in [2.24, 2.45) is 0 Å². The molecule has 1 aliphatic heterocycles. The lowest BCUT2D eigenvalue weighted by Gasteiger charge is -2.35. The predicted octanol–water partition coefficient (Wildman–Crippen LogP) is 3.66. The molecule has 0 aliphatic carbocycles. The van der Waals surface area contributed by atoms with E-state index in [1.165, 1.54) is 16.1 Å². The van der Waals surface area contributed by atoms with E-state index in [2.05, 4.69) is 0 Å². The average Bonchev–Trinajstić information content (AvgIpc) is 2.69. The zero-order valence-electron chi connectivity index (χ0n) is 15.8. The number of halogens is 1. The van der Waals surface area contributed by atoms with Crippen molar-refractivity contribution in [3.05, 3.63) is 59.1 Å². The van der Waals surface area contributed by atoms with Crippen molar-refractivity contribution < 1.29 is 13.2 Å². The number of sulfonamides is 1. The molecule has 2 aromatic carbocycles. The Kier molecular flexibility index (Phi) is 6.70. The highest BCUT2D eigenvalue weighted by atomic mass is 35.5. The van der Waals surface area contributed by atoms with Crippen LogP contribution in [0.2, 0.25) is 5.02 Å². The molecule has 0 radical (unpaired) electrons. The minimum Gasteiger partial charge on any atom is -0.339 e. The van der Waals surface area contributed by atoms with E-state index in [-0.39, 0.29) is 11.2 Å². The van der Waals surface area contributed by atoms with Gasteiger partial charge in [0.05, 0.1) is 10.1 Å². The van der Waals surface area contributed by atoms with Gasteiger partial charge < -0.3 is 4.90 Å². The fraction of sp³-hybridized carbons (Fsp3) is 0.350. The van der Waals surface area contributed by atoms with Gasteiger partial charge >= 0.3 is 0 Å². The van der Waals surface area contributed by atoms with Gasteiger partial charge in [0.25, 0.3) is 0 Å². The largest absolute Gasteiger partial charge is 0.339 e. The van der Waals surface area contributed by atoms with Gasteiger partial charge in [-0.1, -0.05) is 29.3 Å². The highest BCUT2D eigenvalue weighted by molar-refractivity contribution is 8.00. The SMILES string of the molecule is Cc1ccc(S(=O)(=O)N2CCN(C(=O)[C@H](C)Sc3ccc(Cl)cc3)CC2)cc1. The summed E-state index contributed by atoms with van der Waals surface area (Å²) in [6.45, 7) is 5.20. The Morgan fingerprint density at radius 3 is 2.14 bits per heavy atom. The van der Waals surface area contributed by atoms with E-state index in [1.54, 1.807) is 41.3 Å². The molecule has 5 nitrogen and oxygen atoms in total. The first-order valence-electron chi connectivity index (χ1n) is 9.05. The highest BCUT2D eigenvalue weighted by Crippen LogP contribution is 2.26. The Balaban J connectivity index is 1.58. The quantitative estimate of drug-likeness (QED) is 0.668. The molecular weight excluding hydrogens is 416 g/mol. The van der Waals surface area contributed by atoms with Crippen LogP contribution in [0.5, 0.6) is 0 Å². The molecule has 0 unspecified atom stereocenters. The number of hydrogen-bond donors (Lipinski definition) is 0. The summed E-state index contributed by atoms with van der Waals surface area (Å²) >= 11 is 7.37. The molecule has 1 amide bonds. The van der Waals surface area contributed by atoms with Gasteiger partial charge in [0, 0.05) is 36.1 Å². The predicted molar refractivity (Wildman–Crippen MR) is 113 cm³/mol. The maximum atomic E-state index is 12.8. The molecule has 28 heavy (non-hydrogen) atoms. The zero-order chi connectivity index (χ0) is 20.3. The van der Waals surface area contributed by atoms with Crippen LogP contribution in [-0.2, 0) is 14.8 Å². The molecule has 1 atom stereocenters. The van der Waals surface area contributed by atoms with E-state index in [9.17, 15) is 13.2 Å². The second-order valence-electron chi connectivity index (χ2n) is 6.76. The summed E-state index contributed by atoms with van der Waals surface area (Å²) in [5, 5.41) is 0.413. The molecule has 0 aromatic heterocycles. The van der Waals surface area contributed by atoms with Crippen LogP contribution < -0.4 is 0 Å². The Bertz CT molecular complexity index is 923. The summed E-state index contributed by atoms with van der Waals surface area (Å²) in [4.78, 5) is 15.8. The van der Waals surface area contributed by atoms with Crippen LogP contribution in [0.4, 0.5) is 0 Å². The number of rotatable bonds is 5. The number of amides is 1. The molecule has 1 fully saturated rings. The molecule has 1 heterocycles. The smallest absolute Gasteiger partial charge is 0.243 e.